The Morgan fingerprint density at radius 1 is 1.14 bits per heavy atom. The second-order valence-corrected chi connectivity index (χ2v) is 6.53. The average molecular weight is 286 g/mol. The van der Waals surface area contributed by atoms with Crippen LogP contribution >= 0.6 is 0 Å². The summed E-state index contributed by atoms with van der Waals surface area (Å²) in [6, 6.07) is 10.7. The summed E-state index contributed by atoms with van der Waals surface area (Å²) in [7, 11) is 0. The summed E-state index contributed by atoms with van der Waals surface area (Å²) in [5.74, 6) is 1.13. The Labute approximate surface area is 127 Å². The van der Waals surface area contributed by atoms with Crippen molar-refractivity contribution in [2.24, 2.45) is 5.92 Å². The van der Waals surface area contributed by atoms with E-state index in [-0.39, 0.29) is 18.1 Å². The van der Waals surface area contributed by atoms with Crippen molar-refractivity contribution in [3.8, 4) is 0 Å². The second kappa shape index (κ2) is 6.18. The van der Waals surface area contributed by atoms with Crippen LogP contribution in [-0.4, -0.2) is 22.9 Å². The molecule has 0 radical (unpaired) electrons. The molecule has 2 fully saturated rings. The summed E-state index contributed by atoms with van der Waals surface area (Å²) in [6.45, 7) is 4.26. The quantitative estimate of drug-likeness (QED) is 0.922. The van der Waals surface area contributed by atoms with Crippen LogP contribution in [-0.2, 0) is 4.79 Å². The van der Waals surface area contributed by atoms with Crippen LogP contribution in [0.15, 0.2) is 30.3 Å². The molecule has 2 aliphatic rings. The van der Waals surface area contributed by atoms with Crippen molar-refractivity contribution >= 4 is 5.91 Å². The Hall–Kier alpha value is -1.35. The van der Waals surface area contributed by atoms with Crippen LogP contribution in [0.3, 0.4) is 0 Å². The van der Waals surface area contributed by atoms with Gasteiger partial charge in [-0.1, -0.05) is 43.7 Å². The van der Waals surface area contributed by atoms with E-state index < -0.39 is 0 Å². The third-order valence-electron chi connectivity index (χ3n) is 5.21. The topological polar surface area (TPSA) is 32.3 Å². The molecule has 0 bridgehead atoms. The summed E-state index contributed by atoms with van der Waals surface area (Å²) in [5.41, 5.74) is 1.20. The van der Waals surface area contributed by atoms with Gasteiger partial charge in [0.25, 0.3) is 0 Å². The molecule has 3 heteroatoms. The van der Waals surface area contributed by atoms with Crippen molar-refractivity contribution in [1.29, 1.82) is 0 Å². The van der Waals surface area contributed by atoms with Crippen LogP contribution in [0.4, 0.5) is 0 Å². The van der Waals surface area contributed by atoms with Crippen LogP contribution < -0.4 is 5.32 Å². The molecular weight excluding hydrogens is 260 g/mol. The molecule has 1 heterocycles. The maximum Gasteiger partial charge on any atom is 0.241 e. The highest BCUT2D eigenvalue weighted by molar-refractivity contribution is 5.84. The van der Waals surface area contributed by atoms with Gasteiger partial charge >= 0.3 is 0 Å². The highest BCUT2D eigenvalue weighted by Gasteiger charge is 2.41. The number of amides is 1. The third kappa shape index (κ3) is 2.84. The van der Waals surface area contributed by atoms with Gasteiger partial charge in [-0.15, -0.1) is 0 Å². The average Bonchev–Trinajstić information content (AvgIpc) is 2.84. The molecule has 1 N–H and O–H groups in total. The fourth-order valence-corrected chi connectivity index (χ4v) is 3.85. The molecule has 1 aromatic carbocycles. The Morgan fingerprint density at radius 3 is 2.43 bits per heavy atom. The molecule has 0 spiro atoms. The van der Waals surface area contributed by atoms with E-state index in [9.17, 15) is 4.79 Å². The van der Waals surface area contributed by atoms with Crippen LogP contribution in [0, 0.1) is 5.92 Å². The van der Waals surface area contributed by atoms with Gasteiger partial charge in [-0.2, -0.15) is 0 Å². The number of hydrogen-bond donors (Lipinski definition) is 1. The highest BCUT2D eigenvalue weighted by atomic mass is 16.2. The van der Waals surface area contributed by atoms with Crippen molar-refractivity contribution in [1.82, 2.24) is 10.2 Å². The van der Waals surface area contributed by atoms with Crippen molar-refractivity contribution in [2.75, 3.05) is 0 Å². The van der Waals surface area contributed by atoms with Gasteiger partial charge in [0.05, 0.1) is 6.04 Å². The fraction of sp³-hybridized carbons (Fsp3) is 0.611. The summed E-state index contributed by atoms with van der Waals surface area (Å²) in [5, 5.41) is 3.47. The lowest BCUT2D eigenvalue weighted by Crippen LogP contribution is -2.42. The Morgan fingerprint density at radius 2 is 1.81 bits per heavy atom. The van der Waals surface area contributed by atoms with E-state index in [2.05, 4.69) is 41.4 Å². The minimum absolute atomic E-state index is 0.0527. The monoisotopic (exact) mass is 286 g/mol. The molecule has 21 heavy (non-hydrogen) atoms. The molecule has 114 valence electrons. The molecule has 1 amide bonds. The number of benzene rings is 1. The van der Waals surface area contributed by atoms with E-state index in [0.29, 0.717) is 6.04 Å². The summed E-state index contributed by atoms with van der Waals surface area (Å²) >= 11 is 0. The van der Waals surface area contributed by atoms with E-state index in [1.807, 2.05) is 13.0 Å². The highest BCUT2D eigenvalue weighted by Crippen LogP contribution is 2.35. The standard InChI is InChI=1S/C18H26N2O/c1-3-14-9-11-16(12-10-14)20-17(19-13(2)18(20)21)15-7-5-4-6-8-15/h4-8,13-14,16-17,19H,3,9-12H2,1-2H3. The maximum absolute atomic E-state index is 12.6. The van der Waals surface area contributed by atoms with Crippen LogP contribution in [0.25, 0.3) is 0 Å². The molecular formula is C18H26N2O. The van der Waals surface area contributed by atoms with Gasteiger partial charge < -0.3 is 4.90 Å². The lowest BCUT2D eigenvalue weighted by Gasteiger charge is -2.37. The number of nitrogens with zero attached hydrogens (tertiary/aromatic N) is 1. The van der Waals surface area contributed by atoms with Gasteiger partial charge in [0.1, 0.15) is 6.17 Å². The van der Waals surface area contributed by atoms with E-state index in [1.54, 1.807) is 0 Å². The van der Waals surface area contributed by atoms with Crippen LogP contribution in [0.2, 0.25) is 0 Å². The second-order valence-electron chi connectivity index (χ2n) is 6.53. The van der Waals surface area contributed by atoms with Crippen molar-refractivity contribution in [3.05, 3.63) is 35.9 Å². The Balaban J connectivity index is 1.79. The lowest BCUT2D eigenvalue weighted by molar-refractivity contribution is -0.133. The third-order valence-corrected chi connectivity index (χ3v) is 5.21. The van der Waals surface area contributed by atoms with Crippen molar-refractivity contribution in [3.63, 3.8) is 0 Å². The van der Waals surface area contributed by atoms with Gasteiger partial charge in [-0.3, -0.25) is 10.1 Å². The largest absolute Gasteiger partial charge is 0.319 e. The lowest BCUT2D eigenvalue weighted by atomic mass is 9.83. The summed E-state index contributed by atoms with van der Waals surface area (Å²) in [6.07, 6.45) is 6.17. The van der Waals surface area contributed by atoms with E-state index in [1.165, 1.54) is 24.8 Å². The van der Waals surface area contributed by atoms with E-state index in [0.717, 1.165) is 18.8 Å². The summed E-state index contributed by atoms with van der Waals surface area (Å²) in [4.78, 5) is 14.7. The van der Waals surface area contributed by atoms with Gasteiger partial charge in [0, 0.05) is 6.04 Å². The van der Waals surface area contributed by atoms with E-state index in [4.69, 9.17) is 0 Å². The maximum atomic E-state index is 12.6. The SMILES string of the molecule is CCC1CCC(N2C(=O)C(C)NC2c2ccccc2)CC1. The van der Waals surface area contributed by atoms with Gasteiger partial charge in [-0.25, -0.2) is 0 Å². The first-order valence-corrected chi connectivity index (χ1v) is 8.34. The number of hydrogen-bond acceptors (Lipinski definition) is 2. The number of carbonyl (C=O) groups excluding carboxylic acids is 1. The van der Waals surface area contributed by atoms with E-state index >= 15 is 0 Å². The normalized spacial score (nSPS) is 33.4. The first kappa shape index (κ1) is 14.6. The molecule has 1 aromatic rings. The van der Waals surface area contributed by atoms with Crippen LogP contribution in [0.5, 0.6) is 0 Å². The van der Waals surface area contributed by atoms with Crippen LogP contribution in [0.1, 0.15) is 57.7 Å². The zero-order valence-electron chi connectivity index (χ0n) is 13.1. The zero-order chi connectivity index (χ0) is 14.8. The molecule has 1 aliphatic heterocycles. The van der Waals surface area contributed by atoms with Gasteiger partial charge in [-0.05, 0) is 44.1 Å². The molecule has 3 nitrogen and oxygen atoms in total. The Bertz CT molecular complexity index is 479. The molecule has 2 unspecified atom stereocenters. The summed E-state index contributed by atoms with van der Waals surface area (Å²) < 4.78 is 0. The number of carbonyl (C=O) groups is 1. The Kier molecular flexibility index (Phi) is 4.29. The van der Waals surface area contributed by atoms with Crippen molar-refractivity contribution < 1.29 is 4.79 Å². The molecule has 2 atom stereocenters. The minimum Gasteiger partial charge on any atom is -0.319 e. The predicted octanol–water partition coefficient (Wildman–Crippen LogP) is 3.47. The number of nitrogens with one attached hydrogen (secondary N) is 1. The van der Waals surface area contributed by atoms with Gasteiger partial charge in [0.15, 0.2) is 0 Å². The smallest absolute Gasteiger partial charge is 0.241 e. The van der Waals surface area contributed by atoms with Gasteiger partial charge in [0.2, 0.25) is 5.91 Å². The van der Waals surface area contributed by atoms with Crippen molar-refractivity contribution in [2.45, 2.75) is 64.2 Å². The molecule has 1 saturated heterocycles. The zero-order valence-corrected chi connectivity index (χ0v) is 13.1. The molecule has 1 saturated carbocycles. The molecule has 3 rings (SSSR count). The molecule has 1 aliphatic carbocycles. The predicted molar refractivity (Wildman–Crippen MR) is 84.7 cm³/mol. The first-order valence-electron chi connectivity index (χ1n) is 8.34. The molecule has 0 aromatic heterocycles. The number of rotatable bonds is 3. The fourth-order valence-electron chi connectivity index (χ4n) is 3.85. The first-order chi connectivity index (χ1) is 10.2. The minimum atomic E-state index is -0.0703.